The van der Waals surface area contributed by atoms with E-state index in [1.54, 1.807) is 0 Å². The lowest BCUT2D eigenvalue weighted by Crippen LogP contribution is -2.43. The normalized spacial score (nSPS) is 17.2. The summed E-state index contributed by atoms with van der Waals surface area (Å²) in [5, 5.41) is 1.10. The molecule has 0 amide bonds. The van der Waals surface area contributed by atoms with Crippen LogP contribution in [0.5, 0.6) is 0 Å². The molecule has 2 aromatic rings. The van der Waals surface area contributed by atoms with E-state index < -0.39 is 5.41 Å². The maximum absolute atomic E-state index is 12.0. The molecule has 92 valence electrons. The molecule has 0 saturated heterocycles. The minimum Gasteiger partial charge on any atom is -0.468 e. The first-order valence-corrected chi connectivity index (χ1v) is 6.21. The second-order valence-electron chi connectivity index (χ2n) is 4.82. The van der Waals surface area contributed by atoms with E-state index in [0.717, 1.165) is 35.9 Å². The van der Waals surface area contributed by atoms with Crippen LogP contribution >= 0.6 is 0 Å². The van der Waals surface area contributed by atoms with Crippen LogP contribution < -0.4 is 0 Å². The van der Waals surface area contributed by atoms with Crippen LogP contribution in [0.3, 0.4) is 0 Å². The first kappa shape index (κ1) is 11.2. The molecule has 1 fully saturated rings. The fraction of sp³-hybridized carbons (Fsp3) is 0.333. The van der Waals surface area contributed by atoms with Crippen molar-refractivity contribution < 1.29 is 9.53 Å². The van der Waals surface area contributed by atoms with Crippen molar-refractivity contribution in [1.29, 1.82) is 0 Å². The third kappa shape index (κ3) is 1.50. The number of ether oxygens (including phenoxy) is 1. The van der Waals surface area contributed by atoms with E-state index in [2.05, 4.69) is 4.98 Å². The Kier molecular flexibility index (Phi) is 2.54. The molecule has 3 nitrogen and oxygen atoms in total. The summed E-state index contributed by atoms with van der Waals surface area (Å²) in [5.41, 5.74) is 1.28. The Labute approximate surface area is 106 Å². The molecule has 1 heterocycles. The van der Waals surface area contributed by atoms with E-state index in [1.165, 1.54) is 7.11 Å². The Morgan fingerprint density at radius 3 is 2.67 bits per heavy atom. The maximum atomic E-state index is 12.0. The van der Waals surface area contributed by atoms with E-state index in [9.17, 15) is 4.79 Å². The number of aromatic nitrogens is 1. The highest BCUT2D eigenvalue weighted by molar-refractivity contribution is 5.85. The van der Waals surface area contributed by atoms with Crippen LogP contribution in [0.15, 0.2) is 36.4 Å². The molecule has 0 bridgehead atoms. The summed E-state index contributed by atoms with van der Waals surface area (Å²) < 4.78 is 4.95. The summed E-state index contributed by atoms with van der Waals surface area (Å²) in [7, 11) is 1.45. The van der Waals surface area contributed by atoms with Gasteiger partial charge >= 0.3 is 5.97 Å². The predicted octanol–water partition coefficient (Wildman–Crippen LogP) is 2.83. The number of esters is 1. The molecule has 1 saturated carbocycles. The summed E-state index contributed by atoms with van der Waals surface area (Å²) in [6.45, 7) is 0. The third-order valence-electron chi connectivity index (χ3n) is 3.87. The molecule has 3 heteroatoms. The fourth-order valence-corrected chi connectivity index (χ4v) is 2.62. The molecule has 0 atom stereocenters. The van der Waals surface area contributed by atoms with Crippen molar-refractivity contribution in [3.63, 3.8) is 0 Å². The third-order valence-corrected chi connectivity index (χ3v) is 3.87. The van der Waals surface area contributed by atoms with E-state index in [1.807, 2.05) is 36.4 Å². The van der Waals surface area contributed by atoms with Gasteiger partial charge in [-0.1, -0.05) is 30.7 Å². The number of fused-ring (bicyclic) bond motifs is 1. The van der Waals surface area contributed by atoms with Gasteiger partial charge in [0.15, 0.2) is 0 Å². The average Bonchev–Trinajstić information content (AvgIpc) is 2.37. The topological polar surface area (TPSA) is 39.2 Å². The molecule has 1 aliphatic carbocycles. The van der Waals surface area contributed by atoms with Crippen LogP contribution in [0.1, 0.15) is 25.0 Å². The van der Waals surface area contributed by atoms with Crippen molar-refractivity contribution in [2.45, 2.75) is 24.7 Å². The zero-order chi connectivity index (χ0) is 12.6. The van der Waals surface area contributed by atoms with Crippen molar-refractivity contribution in [2.75, 3.05) is 7.11 Å². The van der Waals surface area contributed by atoms with Crippen LogP contribution in [0.4, 0.5) is 0 Å². The SMILES string of the molecule is COC(=O)C1(c2ccc3ccccc3n2)CCC1. The smallest absolute Gasteiger partial charge is 0.317 e. The monoisotopic (exact) mass is 241 g/mol. The minimum absolute atomic E-state index is 0.156. The summed E-state index contributed by atoms with van der Waals surface area (Å²) in [5.74, 6) is -0.156. The average molecular weight is 241 g/mol. The molecular weight excluding hydrogens is 226 g/mol. The van der Waals surface area contributed by atoms with Gasteiger partial charge in [0.2, 0.25) is 0 Å². The second-order valence-corrected chi connectivity index (χ2v) is 4.82. The van der Waals surface area contributed by atoms with E-state index in [4.69, 9.17) is 4.74 Å². The van der Waals surface area contributed by atoms with Crippen LogP contribution in [-0.4, -0.2) is 18.1 Å². The molecule has 18 heavy (non-hydrogen) atoms. The Hall–Kier alpha value is -1.90. The van der Waals surface area contributed by atoms with Crippen molar-refractivity contribution in [3.8, 4) is 0 Å². The molecule has 0 spiro atoms. The van der Waals surface area contributed by atoms with Gasteiger partial charge in [0, 0.05) is 5.39 Å². The highest BCUT2D eigenvalue weighted by Crippen LogP contribution is 2.44. The summed E-state index contributed by atoms with van der Waals surface area (Å²) >= 11 is 0. The summed E-state index contributed by atoms with van der Waals surface area (Å²) in [6, 6.07) is 11.9. The molecule has 1 aliphatic rings. The van der Waals surface area contributed by atoms with Crippen molar-refractivity contribution in [2.24, 2.45) is 0 Å². The Bertz CT molecular complexity index is 602. The zero-order valence-electron chi connectivity index (χ0n) is 10.3. The first-order chi connectivity index (χ1) is 8.76. The molecule has 0 aliphatic heterocycles. The van der Waals surface area contributed by atoms with E-state index in [-0.39, 0.29) is 5.97 Å². The Morgan fingerprint density at radius 1 is 1.22 bits per heavy atom. The Morgan fingerprint density at radius 2 is 2.00 bits per heavy atom. The van der Waals surface area contributed by atoms with Gasteiger partial charge in [-0.25, -0.2) is 0 Å². The summed E-state index contributed by atoms with van der Waals surface area (Å²) in [4.78, 5) is 16.6. The number of rotatable bonds is 2. The number of para-hydroxylation sites is 1. The highest BCUT2D eigenvalue weighted by atomic mass is 16.5. The molecule has 0 N–H and O–H groups in total. The largest absolute Gasteiger partial charge is 0.468 e. The fourth-order valence-electron chi connectivity index (χ4n) is 2.62. The van der Waals surface area contributed by atoms with Gasteiger partial charge in [-0.3, -0.25) is 9.78 Å². The number of benzene rings is 1. The highest BCUT2D eigenvalue weighted by Gasteiger charge is 2.48. The lowest BCUT2D eigenvalue weighted by Gasteiger charge is -2.38. The second kappa shape index (κ2) is 4.09. The molecule has 1 aromatic carbocycles. The standard InChI is InChI=1S/C15H15NO2/c1-18-14(17)15(9-4-10-15)13-8-7-11-5-2-3-6-12(11)16-13/h2-3,5-8H,4,9-10H2,1H3. The number of methoxy groups -OCH3 is 1. The van der Waals surface area contributed by atoms with E-state index in [0.29, 0.717) is 0 Å². The van der Waals surface area contributed by atoms with Crippen molar-refractivity contribution >= 4 is 16.9 Å². The Balaban J connectivity index is 2.10. The minimum atomic E-state index is -0.501. The number of carbonyl (C=O) groups is 1. The van der Waals surface area contributed by atoms with Crippen molar-refractivity contribution in [3.05, 3.63) is 42.1 Å². The van der Waals surface area contributed by atoms with Gasteiger partial charge < -0.3 is 4.74 Å². The number of carbonyl (C=O) groups excluding carboxylic acids is 1. The summed E-state index contributed by atoms with van der Waals surface area (Å²) in [6.07, 6.45) is 2.74. The van der Waals surface area contributed by atoms with Gasteiger partial charge in [0.05, 0.1) is 18.3 Å². The van der Waals surface area contributed by atoms with Gasteiger partial charge in [0.25, 0.3) is 0 Å². The van der Waals surface area contributed by atoms with Crippen LogP contribution in [0.2, 0.25) is 0 Å². The lowest BCUT2D eigenvalue weighted by molar-refractivity contribution is -0.151. The van der Waals surface area contributed by atoms with Gasteiger partial charge in [-0.05, 0) is 25.0 Å². The number of hydrogen-bond acceptors (Lipinski definition) is 3. The van der Waals surface area contributed by atoms with Crippen LogP contribution in [0.25, 0.3) is 10.9 Å². The zero-order valence-corrected chi connectivity index (χ0v) is 10.3. The molecule has 1 aromatic heterocycles. The number of pyridine rings is 1. The number of nitrogens with zero attached hydrogens (tertiary/aromatic N) is 1. The molecular formula is C15H15NO2. The van der Waals surface area contributed by atoms with Gasteiger partial charge in [-0.15, -0.1) is 0 Å². The lowest BCUT2D eigenvalue weighted by atomic mass is 9.66. The van der Waals surface area contributed by atoms with Crippen molar-refractivity contribution in [1.82, 2.24) is 4.98 Å². The number of hydrogen-bond donors (Lipinski definition) is 0. The molecule has 0 radical (unpaired) electrons. The maximum Gasteiger partial charge on any atom is 0.317 e. The predicted molar refractivity (Wildman–Crippen MR) is 69.3 cm³/mol. The van der Waals surface area contributed by atoms with Crippen LogP contribution in [-0.2, 0) is 14.9 Å². The molecule has 3 rings (SSSR count). The quantitative estimate of drug-likeness (QED) is 0.759. The van der Waals surface area contributed by atoms with Gasteiger partial charge in [-0.2, -0.15) is 0 Å². The van der Waals surface area contributed by atoms with Gasteiger partial charge in [0.1, 0.15) is 5.41 Å². The van der Waals surface area contributed by atoms with E-state index >= 15 is 0 Å². The first-order valence-electron chi connectivity index (χ1n) is 6.21. The molecule has 0 unspecified atom stereocenters. The van der Waals surface area contributed by atoms with Crippen LogP contribution in [0, 0.1) is 0 Å².